The summed E-state index contributed by atoms with van der Waals surface area (Å²) in [7, 11) is 0. The number of nitrogens with zero attached hydrogens (tertiary/aromatic N) is 1. The van der Waals surface area contributed by atoms with Gasteiger partial charge < -0.3 is 10.2 Å². The van der Waals surface area contributed by atoms with Crippen LogP contribution in [0.25, 0.3) is 0 Å². The molecule has 2 aliphatic heterocycles. The number of rotatable bonds is 4. The van der Waals surface area contributed by atoms with Gasteiger partial charge in [0.1, 0.15) is 0 Å². The average Bonchev–Trinajstić information content (AvgIpc) is 2.40. The minimum atomic E-state index is 0.577. The zero-order valence-electron chi connectivity index (χ0n) is 11.8. The fourth-order valence-corrected chi connectivity index (χ4v) is 3.68. The highest BCUT2D eigenvalue weighted by Crippen LogP contribution is 2.32. The molecular formula is C15H30N2. The van der Waals surface area contributed by atoms with Crippen molar-refractivity contribution in [2.24, 2.45) is 11.3 Å². The van der Waals surface area contributed by atoms with Gasteiger partial charge in [-0.2, -0.15) is 0 Å². The molecule has 0 aromatic heterocycles. The normalized spacial score (nSPS) is 36.0. The van der Waals surface area contributed by atoms with Crippen LogP contribution in [-0.2, 0) is 0 Å². The topological polar surface area (TPSA) is 15.3 Å². The summed E-state index contributed by atoms with van der Waals surface area (Å²) in [6, 6.07) is 0. The van der Waals surface area contributed by atoms with Gasteiger partial charge in [0.05, 0.1) is 0 Å². The van der Waals surface area contributed by atoms with E-state index in [2.05, 4.69) is 24.1 Å². The fraction of sp³-hybridized carbons (Fsp3) is 1.00. The van der Waals surface area contributed by atoms with Gasteiger partial charge >= 0.3 is 0 Å². The summed E-state index contributed by atoms with van der Waals surface area (Å²) in [5.74, 6) is 0.967. The second-order valence-electron chi connectivity index (χ2n) is 6.29. The van der Waals surface area contributed by atoms with Crippen LogP contribution in [0.5, 0.6) is 0 Å². The van der Waals surface area contributed by atoms with Crippen LogP contribution >= 0.6 is 0 Å². The van der Waals surface area contributed by atoms with Gasteiger partial charge in [-0.1, -0.05) is 20.3 Å². The number of nitrogens with one attached hydrogen (secondary N) is 1. The molecule has 2 nitrogen and oxygen atoms in total. The van der Waals surface area contributed by atoms with Crippen LogP contribution in [0.3, 0.4) is 0 Å². The number of hydrogen-bond donors (Lipinski definition) is 1. The van der Waals surface area contributed by atoms with E-state index in [-0.39, 0.29) is 0 Å². The summed E-state index contributed by atoms with van der Waals surface area (Å²) in [6.45, 7) is 11.3. The molecular weight excluding hydrogens is 208 g/mol. The average molecular weight is 238 g/mol. The molecule has 1 N–H and O–H groups in total. The Morgan fingerprint density at radius 3 is 2.82 bits per heavy atom. The molecule has 2 unspecified atom stereocenters. The molecule has 2 heteroatoms. The van der Waals surface area contributed by atoms with Crippen molar-refractivity contribution in [1.82, 2.24) is 10.2 Å². The smallest absolute Gasteiger partial charge is 0.00502 e. The Morgan fingerprint density at radius 2 is 2.18 bits per heavy atom. The van der Waals surface area contributed by atoms with Crippen molar-refractivity contribution in [3.63, 3.8) is 0 Å². The zero-order chi connectivity index (χ0) is 12.1. The van der Waals surface area contributed by atoms with Gasteiger partial charge in [-0.25, -0.2) is 0 Å². The van der Waals surface area contributed by atoms with Crippen molar-refractivity contribution >= 4 is 0 Å². The molecule has 0 aromatic rings. The van der Waals surface area contributed by atoms with Crippen LogP contribution in [0.1, 0.15) is 52.4 Å². The zero-order valence-corrected chi connectivity index (χ0v) is 11.8. The highest BCUT2D eigenvalue weighted by Gasteiger charge is 2.33. The first-order valence-corrected chi connectivity index (χ1v) is 7.71. The third-order valence-corrected chi connectivity index (χ3v) is 5.05. The molecule has 0 radical (unpaired) electrons. The molecule has 2 atom stereocenters. The molecule has 100 valence electrons. The van der Waals surface area contributed by atoms with Crippen molar-refractivity contribution < 1.29 is 0 Å². The van der Waals surface area contributed by atoms with Crippen molar-refractivity contribution in [3.05, 3.63) is 0 Å². The SMILES string of the molecule is CCC1CCCN(CC2(CC)CCCNC2)C1. The van der Waals surface area contributed by atoms with Crippen LogP contribution in [0.15, 0.2) is 0 Å². The predicted molar refractivity (Wildman–Crippen MR) is 74.3 cm³/mol. The summed E-state index contributed by atoms with van der Waals surface area (Å²) in [4.78, 5) is 2.76. The van der Waals surface area contributed by atoms with Gasteiger partial charge in [-0.15, -0.1) is 0 Å². The van der Waals surface area contributed by atoms with Crippen molar-refractivity contribution in [2.45, 2.75) is 52.4 Å². The summed E-state index contributed by atoms with van der Waals surface area (Å²) < 4.78 is 0. The fourth-order valence-electron chi connectivity index (χ4n) is 3.68. The first kappa shape index (κ1) is 13.4. The van der Waals surface area contributed by atoms with E-state index in [1.165, 1.54) is 71.2 Å². The van der Waals surface area contributed by atoms with E-state index < -0.39 is 0 Å². The molecule has 17 heavy (non-hydrogen) atoms. The van der Waals surface area contributed by atoms with E-state index in [1.54, 1.807) is 0 Å². The molecule has 2 heterocycles. The Kier molecular flexibility index (Phi) is 4.87. The molecule has 0 spiro atoms. The molecule has 2 saturated heterocycles. The van der Waals surface area contributed by atoms with Gasteiger partial charge in [-0.3, -0.25) is 0 Å². The highest BCUT2D eigenvalue weighted by atomic mass is 15.1. The lowest BCUT2D eigenvalue weighted by Crippen LogP contribution is -2.49. The molecule has 0 amide bonds. The summed E-state index contributed by atoms with van der Waals surface area (Å²) in [6.07, 6.45) is 8.40. The van der Waals surface area contributed by atoms with Crippen molar-refractivity contribution in [2.75, 3.05) is 32.7 Å². The monoisotopic (exact) mass is 238 g/mol. The Bertz CT molecular complexity index is 221. The third-order valence-electron chi connectivity index (χ3n) is 5.05. The number of piperidine rings is 2. The summed E-state index contributed by atoms with van der Waals surface area (Å²) >= 11 is 0. The number of likely N-dealkylation sites (tertiary alicyclic amines) is 1. The van der Waals surface area contributed by atoms with Gasteiger partial charge in [0.2, 0.25) is 0 Å². The van der Waals surface area contributed by atoms with Crippen LogP contribution in [0.4, 0.5) is 0 Å². The second kappa shape index (κ2) is 6.19. The molecule has 0 aliphatic carbocycles. The number of hydrogen-bond acceptors (Lipinski definition) is 2. The minimum absolute atomic E-state index is 0.577. The lowest BCUT2D eigenvalue weighted by molar-refractivity contribution is 0.0784. The Morgan fingerprint density at radius 1 is 1.29 bits per heavy atom. The van der Waals surface area contributed by atoms with Gasteiger partial charge in [0, 0.05) is 19.6 Å². The molecule has 0 bridgehead atoms. The standard InChI is InChI=1S/C15H30N2/c1-3-14-7-5-10-17(11-14)13-15(4-2)8-6-9-16-12-15/h14,16H,3-13H2,1-2H3. The first-order chi connectivity index (χ1) is 8.28. The quantitative estimate of drug-likeness (QED) is 0.810. The van der Waals surface area contributed by atoms with E-state index >= 15 is 0 Å². The van der Waals surface area contributed by atoms with E-state index in [4.69, 9.17) is 0 Å². The van der Waals surface area contributed by atoms with Gasteiger partial charge in [-0.05, 0) is 56.5 Å². The van der Waals surface area contributed by atoms with E-state index in [9.17, 15) is 0 Å². The van der Waals surface area contributed by atoms with Crippen LogP contribution in [0, 0.1) is 11.3 Å². The highest BCUT2D eigenvalue weighted by molar-refractivity contribution is 4.88. The van der Waals surface area contributed by atoms with E-state index in [0.717, 1.165) is 5.92 Å². The largest absolute Gasteiger partial charge is 0.316 e. The maximum absolute atomic E-state index is 3.61. The minimum Gasteiger partial charge on any atom is -0.316 e. The van der Waals surface area contributed by atoms with E-state index in [0.29, 0.717) is 5.41 Å². The molecule has 0 aromatic carbocycles. The van der Waals surface area contributed by atoms with Crippen LogP contribution < -0.4 is 5.32 Å². The lowest BCUT2D eigenvalue weighted by atomic mass is 9.77. The maximum Gasteiger partial charge on any atom is 0.00502 e. The van der Waals surface area contributed by atoms with E-state index in [1.807, 2.05) is 0 Å². The Labute approximate surface area is 107 Å². The molecule has 2 aliphatic rings. The first-order valence-electron chi connectivity index (χ1n) is 7.71. The molecule has 2 fully saturated rings. The lowest BCUT2D eigenvalue weighted by Gasteiger charge is -2.43. The Hall–Kier alpha value is -0.0800. The molecule has 0 saturated carbocycles. The van der Waals surface area contributed by atoms with Gasteiger partial charge in [0.25, 0.3) is 0 Å². The van der Waals surface area contributed by atoms with Crippen LogP contribution in [0.2, 0.25) is 0 Å². The Balaban J connectivity index is 1.88. The predicted octanol–water partition coefficient (Wildman–Crippen LogP) is 2.89. The van der Waals surface area contributed by atoms with Crippen molar-refractivity contribution in [1.29, 1.82) is 0 Å². The van der Waals surface area contributed by atoms with Gasteiger partial charge in [0.15, 0.2) is 0 Å². The molecule has 2 rings (SSSR count). The van der Waals surface area contributed by atoms with Crippen LogP contribution in [-0.4, -0.2) is 37.6 Å². The third kappa shape index (κ3) is 3.45. The summed E-state index contributed by atoms with van der Waals surface area (Å²) in [5.41, 5.74) is 0.577. The summed E-state index contributed by atoms with van der Waals surface area (Å²) in [5, 5.41) is 3.61. The second-order valence-corrected chi connectivity index (χ2v) is 6.29. The van der Waals surface area contributed by atoms with Crippen molar-refractivity contribution in [3.8, 4) is 0 Å². The maximum atomic E-state index is 3.61.